The van der Waals surface area contributed by atoms with E-state index in [0.29, 0.717) is 5.76 Å². The molecule has 1 atom stereocenters. The van der Waals surface area contributed by atoms with Crippen LogP contribution in [0.15, 0.2) is 39.4 Å². The fourth-order valence-corrected chi connectivity index (χ4v) is 2.39. The topological polar surface area (TPSA) is 69.9 Å². The van der Waals surface area contributed by atoms with E-state index in [1.807, 2.05) is 24.3 Å². The van der Waals surface area contributed by atoms with Crippen LogP contribution in [0.2, 0.25) is 0 Å². The normalized spacial score (nSPS) is 13.1. The molecule has 1 aromatic carbocycles. The van der Waals surface area contributed by atoms with Gasteiger partial charge in [-0.2, -0.15) is 0 Å². The van der Waals surface area contributed by atoms with Crippen molar-refractivity contribution in [1.29, 1.82) is 0 Å². The van der Waals surface area contributed by atoms with E-state index >= 15 is 0 Å². The van der Waals surface area contributed by atoms with Crippen molar-refractivity contribution in [1.82, 2.24) is 15.0 Å². The lowest BCUT2D eigenvalue weighted by Gasteiger charge is -2.07. The zero-order valence-corrected chi connectivity index (χ0v) is 11.3. The van der Waals surface area contributed by atoms with Crippen LogP contribution in [0.25, 0.3) is 11.0 Å². The van der Waals surface area contributed by atoms with Gasteiger partial charge in [0.2, 0.25) is 0 Å². The fourth-order valence-electron chi connectivity index (χ4n) is 1.93. The number of aryl methyl sites for hydroxylation is 1. The number of furan rings is 1. The van der Waals surface area contributed by atoms with Crippen molar-refractivity contribution >= 4 is 26.9 Å². The van der Waals surface area contributed by atoms with Gasteiger partial charge in [-0.15, -0.1) is 5.10 Å². The van der Waals surface area contributed by atoms with Crippen molar-refractivity contribution in [2.75, 3.05) is 0 Å². The maximum Gasteiger partial charge on any atom is 0.148 e. The molecule has 0 aliphatic carbocycles. The zero-order valence-electron chi connectivity index (χ0n) is 9.67. The predicted molar refractivity (Wildman–Crippen MR) is 70.9 cm³/mol. The average Bonchev–Trinajstić information content (AvgIpc) is 2.95. The third-order valence-electron chi connectivity index (χ3n) is 2.89. The second kappa shape index (κ2) is 4.22. The number of aromatic nitrogens is 3. The zero-order chi connectivity index (χ0) is 12.7. The Morgan fingerprint density at radius 2 is 2.28 bits per heavy atom. The second-order valence-electron chi connectivity index (χ2n) is 4.07. The molecule has 2 N–H and O–H groups in total. The molecule has 3 rings (SSSR count). The Morgan fingerprint density at radius 1 is 1.44 bits per heavy atom. The van der Waals surface area contributed by atoms with Crippen molar-refractivity contribution in [3.8, 4) is 0 Å². The summed E-state index contributed by atoms with van der Waals surface area (Å²) in [7, 11) is 1.81. The van der Waals surface area contributed by atoms with E-state index in [4.69, 9.17) is 10.2 Å². The SMILES string of the molecule is Cn1nncc1C(N)c1cc2cccc(Br)c2o1. The van der Waals surface area contributed by atoms with Gasteiger partial charge in [-0.05, 0) is 28.1 Å². The summed E-state index contributed by atoms with van der Waals surface area (Å²) in [6.45, 7) is 0. The Balaban J connectivity index is 2.10. The van der Waals surface area contributed by atoms with E-state index < -0.39 is 0 Å². The Kier molecular flexibility index (Phi) is 2.68. The molecular weight excluding hydrogens is 296 g/mol. The molecule has 92 valence electrons. The molecule has 0 radical (unpaired) electrons. The molecule has 0 saturated heterocycles. The number of fused-ring (bicyclic) bond motifs is 1. The van der Waals surface area contributed by atoms with Crippen LogP contribution < -0.4 is 5.73 Å². The van der Waals surface area contributed by atoms with Crippen molar-refractivity contribution < 1.29 is 4.42 Å². The molecule has 0 aliphatic rings. The number of para-hydroxylation sites is 1. The molecule has 1 unspecified atom stereocenters. The van der Waals surface area contributed by atoms with E-state index in [9.17, 15) is 0 Å². The predicted octanol–water partition coefficient (Wildman–Crippen LogP) is 2.37. The fraction of sp³-hybridized carbons (Fsp3) is 0.167. The number of rotatable bonds is 2. The van der Waals surface area contributed by atoms with Gasteiger partial charge >= 0.3 is 0 Å². The van der Waals surface area contributed by atoms with E-state index in [1.165, 1.54) is 0 Å². The molecule has 0 aliphatic heterocycles. The lowest BCUT2D eigenvalue weighted by Crippen LogP contribution is -2.15. The van der Waals surface area contributed by atoms with Gasteiger partial charge in [0.05, 0.1) is 16.4 Å². The van der Waals surface area contributed by atoms with Gasteiger partial charge in [-0.25, -0.2) is 0 Å². The van der Waals surface area contributed by atoms with Gasteiger partial charge in [0.15, 0.2) is 0 Å². The average molecular weight is 307 g/mol. The van der Waals surface area contributed by atoms with Crippen molar-refractivity contribution in [3.05, 3.63) is 46.4 Å². The quantitative estimate of drug-likeness (QED) is 0.789. The lowest BCUT2D eigenvalue weighted by atomic mass is 10.1. The van der Waals surface area contributed by atoms with Gasteiger partial charge in [0.1, 0.15) is 17.4 Å². The smallest absolute Gasteiger partial charge is 0.148 e. The van der Waals surface area contributed by atoms with E-state index in [0.717, 1.165) is 21.1 Å². The van der Waals surface area contributed by atoms with Crippen molar-refractivity contribution in [2.24, 2.45) is 12.8 Å². The van der Waals surface area contributed by atoms with Gasteiger partial charge in [0, 0.05) is 12.4 Å². The third-order valence-corrected chi connectivity index (χ3v) is 3.51. The standard InChI is InChI=1S/C12H11BrN4O/c1-17-9(6-15-16-17)11(14)10-5-7-3-2-4-8(13)12(7)18-10/h2-6,11H,14H2,1H3. The van der Waals surface area contributed by atoms with Crippen LogP contribution in [0.4, 0.5) is 0 Å². The maximum absolute atomic E-state index is 6.17. The summed E-state index contributed by atoms with van der Waals surface area (Å²) in [5.74, 6) is 0.697. The number of nitrogens with zero attached hydrogens (tertiary/aromatic N) is 3. The molecule has 6 heteroatoms. The monoisotopic (exact) mass is 306 g/mol. The number of halogens is 1. The van der Waals surface area contributed by atoms with Crippen LogP contribution in [0.1, 0.15) is 17.5 Å². The highest BCUT2D eigenvalue weighted by molar-refractivity contribution is 9.10. The summed E-state index contributed by atoms with van der Waals surface area (Å²) in [5, 5.41) is 8.71. The first kappa shape index (κ1) is 11.4. The summed E-state index contributed by atoms with van der Waals surface area (Å²) < 4.78 is 8.36. The molecule has 3 aromatic rings. The largest absolute Gasteiger partial charge is 0.458 e. The summed E-state index contributed by atoms with van der Waals surface area (Å²) >= 11 is 3.46. The van der Waals surface area contributed by atoms with E-state index in [1.54, 1.807) is 17.9 Å². The minimum atomic E-state index is -0.371. The molecule has 0 amide bonds. The van der Waals surface area contributed by atoms with Gasteiger partial charge in [-0.1, -0.05) is 17.3 Å². The number of hydrogen-bond donors (Lipinski definition) is 1. The highest BCUT2D eigenvalue weighted by atomic mass is 79.9. The van der Waals surface area contributed by atoms with Crippen LogP contribution in [-0.4, -0.2) is 15.0 Å². The molecule has 0 fully saturated rings. The van der Waals surface area contributed by atoms with Gasteiger partial charge in [0.25, 0.3) is 0 Å². The minimum Gasteiger partial charge on any atom is -0.458 e. The molecule has 5 nitrogen and oxygen atoms in total. The molecule has 0 saturated carbocycles. The van der Waals surface area contributed by atoms with Crippen molar-refractivity contribution in [3.63, 3.8) is 0 Å². The number of hydrogen-bond acceptors (Lipinski definition) is 4. The third kappa shape index (κ3) is 1.74. The summed E-state index contributed by atoms with van der Waals surface area (Å²) in [6.07, 6.45) is 1.65. The van der Waals surface area contributed by atoms with Gasteiger partial charge < -0.3 is 10.2 Å². The molecule has 2 aromatic heterocycles. The summed E-state index contributed by atoms with van der Waals surface area (Å²) in [6, 6.07) is 7.46. The van der Waals surface area contributed by atoms with Crippen LogP contribution in [0.3, 0.4) is 0 Å². The summed E-state index contributed by atoms with van der Waals surface area (Å²) in [5.41, 5.74) is 7.78. The maximum atomic E-state index is 6.17. The highest BCUT2D eigenvalue weighted by Gasteiger charge is 2.18. The van der Waals surface area contributed by atoms with Crippen LogP contribution in [-0.2, 0) is 7.05 Å². The highest BCUT2D eigenvalue weighted by Crippen LogP contribution is 2.30. The Bertz CT molecular complexity index is 703. The lowest BCUT2D eigenvalue weighted by molar-refractivity contribution is 0.507. The van der Waals surface area contributed by atoms with E-state index in [2.05, 4.69) is 26.2 Å². The molecular formula is C12H11BrN4O. The van der Waals surface area contributed by atoms with Crippen molar-refractivity contribution in [2.45, 2.75) is 6.04 Å². The van der Waals surface area contributed by atoms with Crippen LogP contribution in [0.5, 0.6) is 0 Å². The number of nitrogens with two attached hydrogens (primary N) is 1. The first-order chi connectivity index (χ1) is 8.66. The summed E-state index contributed by atoms with van der Waals surface area (Å²) in [4.78, 5) is 0. The minimum absolute atomic E-state index is 0.371. The van der Waals surface area contributed by atoms with Gasteiger partial charge in [-0.3, -0.25) is 4.68 Å². The second-order valence-corrected chi connectivity index (χ2v) is 4.92. The first-order valence-electron chi connectivity index (χ1n) is 5.45. The molecule has 2 heterocycles. The Morgan fingerprint density at radius 3 is 2.94 bits per heavy atom. The molecule has 18 heavy (non-hydrogen) atoms. The Hall–Kier alpha value is -1.66. The van der Waals surface area contributed by atoms with Crippen LogP contribution in [0, 0.1) is 0 Å². The van der Waals surface area contributed by atoms with E-state index in [-0.39, 0.29) is 6.04 Å². The first-order valence-corrected chi connectivity index (χ1v) is 6.24. The van der Waals surface area contributed by atoms with Crippen LogP contribution >= 0.6 is 15.9 Å². The molecule has 0 spiro atoms. The number of benzene rings is 1. The molecule has 0 bridgehead atoms. The Labute approximate surface area is 112 Å².